The van der Waals surface area contributed by atoms with Gasteiger partial charge in [-0.25, -0.2) is 13.6 Å². The minimum Gasteiger partial charge on any atom is -0.350 e. The van der Waals surface area contributed by atoms with E-state index in [-0.39, 0.29) is 33.8 Å². The monoisotopic (exact) mass is 435 g/mol. The van der Waals surface area contributed by atoms with Crippen molar-refractivity contribution in [2.45, 2.75) is 43.5 Å². The van der Waals surface area contributed by atoms with Gasteiger partial charge >= 0.3 is 0 Å². The summed E-state index contributed by atoms with van der Waals surface area (Å²) in [5.41, 5.74) is 0.250. The van der Waals surface area contributed by atoms with Crippen LogP contribution in [0.3, 0.4) is 0 Å². The third-order valence-electron chi connectivity index (χ3n) is 5.78. The first-order valence-electron chi connectivity index (χ1n) is 9.16. The van der Waals surface area contributed by atoms with Crippen molar-refractivity contribution in [3.8, 4) is 0 Å². The van der Waals surface area contributed by atoms with Crippen molar-refractivity contribution in [1.29, 1.82) is 0 Å². The van der Waals surface area contributed by atoms with Gasteiger partial charge in [0.1, 0.15) is 4.90 Å². The number of nitrogens with zero attached hydrogens (tertiary/aromatic N) is 1. The molecule has 0 spiro atoms. The van der Waals surface area contributed by atoms with Crippen LogP contribution in [0.5, 0.6) is 0 Å². The van der Waals surface area contributed by atoms with E-state index in [9.17, 15) is 13.2 Å². The Hall–Kier alpha value is -0.860. The van der Waals surface area contributed by atoms with Crippen LogP contribution in [-0.4, -0.2) is 44.9 Å². The molecule has 0 bridgehead atoms. The summed E-state index contributed by atoms with van der Waals surface area (Å²) in [5, 5.41) is 8.15. The first-order chi connectivity index (χ1) is 12.3. The molecule has 1 aliphatic heterocycles. The highest BCUT2D eigenvalue weighted by molar-refractivity contribution is 7.89. The van der Waals surface area contributed by atoms with Crippen molar-refractivity contribution >= 4 is 39.9 Å². The summed E-state index contributed by atoms with van der Waals surface area (Å²) < 4.78 is 23.2. The third-order valence-corrected chi connectivity index (χ3v) is 7.17. The number of hydrogen-bond acceptors (Lipinski definition) is 4. The van der Waals surface area contributed by atoms with Gasteiger partial charge in [-0.3, -0.25) is 9.69 Å². The van der Waals surface area contributed by atoms with Crippen LogP contribution < -0.4 is 10.5 Å². The van der Waals surface area contributed by atoms with Gasteiger partial charge in [-0.15, -0.1) is 12.4 Å². The lowest BCUT2D eigenvalue weighted by Crippen LogP contribution is -2.43. The number of halogens is 2. The van der Waals surface area contributed by atoms with Gasteiger partial charge in [0.2, 0.25) is 10.0 Å². The molecule has 152 valence electrons. The third kappa shape index (κ3) is 4.95. The molecule has 2 aliphatic rings. The second kappa shape index (κ2) is 9.09. The van der Waals surface area contributed by atoms with E-state index in [1.54, 1.807) is 0 Å². The quantitative estimate of drug-likeness (QED) is 0.742. The Labute approximate surface area is 172 Å². The number of benzene rings is 1. The first-order valence-corrected chi connectivity index (χ1v) is 11.1. The number of carbonyl (C=O) groups is 1. The molecule has 2 fully saturated rings. The fraction of sp³-hybridized carbons (Fsp3) is 0.611. The molecule has 1 heterocycles. The van der Waals surface area contributed by atoms with E-state index in [2.05, 4.69) is 17.1 Å². The molecule has 0 radical (unpaired) electrons. The van der Waals surface area contributed by atoms with E-state index in [1.807, 2.05) is 0 Å². The molecule has 1 aromatic rings. The van der Waals surface area contributed by atoms with Crippen molar-refractivity contribution in [3.05, 3.63) is 28.8 Å². The van der Waals surface area contributed by atoms with E-state index in [0.717, 1.165) is 19.0 Å². The molecule has 3 rings (SSSR count). The zero-order valence-electron chi connectivity index (χ0n) is 15.4. The van der Waals surface area contributed by atoms with Crippen molar-refractivity contribution in [3.63, 3.8) is 0 Å². The second-order valence-electron chi connectivity index (χ2n) is 7.26. The topological polar surface area (TPSA) is 92.5 Å². The number of hydrogen-bond donors (Lipinski definition) is 2. The van der Waals surface area contributed by atoms with Gasteiger partial charge in [0.25, 0.3) is 5.91 Å². The van der Waals surface area contributed by atoms with Crippen LogP contribution in [0.2, 0.25) is 5.02 Å². The maximum absolute atomic E-state index is 12.5. The van der Waals surface area contributed by atoms with Crippen LogP contribution in [0.25, 0.3) is 0 Å². The summed E-state index contributed by atoms with van der Waals surface area (Å²) in [5.74, 6) is 1.06. The Morgan fingerprint density at radius 2 is 2.04 bits per heavy atom. The number of primary sulfonamides is 1. The summed E-state index contributed by atoms with van der Waals surface area (Å²) >= 11 is 5.88. The van der Waals surface area contributed by atoms with Gasteiger partial charge in [0, 0.05) is 24.7 Å². The molecule has 3 N–H and O–H groups in total. The second-order valence-corrected chi connectivity index (χ2v) is 9.20. The molecular weight excluding hydrogens is 409 g/mol. The first kappa shape index (κ1) is 22.4. The zero-order chi connectivity index (χ0) is 18.9. The highest BCUT2D eigenvalue weighted by Gasteiger charge is 2.41. The molecule has 3 atom stereocenters. The fourth-order valence-corrected chi connectivity index (χ4v) is 5.55. The van der Waals surface area contributed by atoms with Crippen LogP contribution >= 0.6 is 24.0 Å². The summed E-state index contributed by atoms with van der Waals surface area (Å²) in [6.45, 7) is 4.81. The predicted molar refractivity (Wildman–Crippen MR) is 109 cm³/mol. The Morgan fingerprint density at radius 3 is 2.70 bits per heavy atom. The largest absolute Gasteiger partial charge is 0.350 e. The van der Waals surface area contributed by atoms with E-state index < -0.39 is 10.0 Å². The fourth-order valence-electron chi connectivity index (χ4n) is 4.48. The van der Waals surface area contributed by atoms with Crippen molar-refractivity contribution in [1.82, 2.24) is 10.2 Å². The highest BCUT2D eigenvalue weighted by Crippen LogP contribution is 2.40. The highest BCUT2D eigenvalue weighted by atomic mass is 35.5. The molecule has 6 nitrogen and oxygen atoms in total. The summed E-state index contributed by atoms with van der Waals surface area (Å²) in [7, 11) is -3.97. The minimum absolute atomic E-state index is 0. The van der Waals surface area contributed by atoms with Crippen LogP contribution in [-0.2, 0) is 10.0 Å². The molecular formula is C18H27Cl2N3O3S. The van der Waals surface area contributed by atoms with Gasteiger partial charge in [-0.05, 0) is 49.4 Å². The van der Waals surface area contributed by atoms with Gasteiger partial charge in [0.15, 0.2) is 0 Å². The SMILES string of the molecule is CCN1CC2CCCCC2C1CNC(=O)c1ccc(Cl)c(S(N)(=O)=O)c1.Cl. The van der Waals surface area contributed by atoms with Gasteiger partial charge in [-0.2, -0.15) is 0 Å². The standard InChI is InChI=1S/C18H26ClN3O3S.ClH/c1-2-22-11-13-5-3-4-6-14(13)16(22)10-21-18(23)12-7-8-15(19)17(9-12)26(20,24)25;/h7-9,13-14,16H,2-6,10-11H2,1H3,(H,21,23)(H2,20,24,25);1H. The predicted octanol–water partition coefficient (Wildman–Crippen LogP) is 2.65. The number of nitrogens with one attached hydrogen (secondary N) is 1. The molecule has 0 aromatic heterocycles. The van der Waals surface area contributed by atoms with Crippen molar-refractivity contribution in [2.24, 2.45) is 17.0 Å². The van der Waals surface area contributed by atoms with Crippen molar-refractivity contribution < 1.29 is 13.2 Å². The Morgan fingerprint density at radius 1 is 1.33 bits per heavy atom. The van der Waals surface area contributed by atoms with E-state index >= 15 is 0 Å². The molecule has 1 aromatic carbocycles. The summed E-state index contributed by atoms with van der Waals surface area (Å²) in [4.78, 5) is 14.8. The number of amides is 1. The minimum atomic E-state index is -3.97. The lowest BCUT2D eigenvalue weighted by atomic mass is 9.78. The molecule has 3 unspecified atom stereocenters. The zero-order valence-corrected chi connectivity index (χ0v) is 17.7. The molecule has 9 heteroatoms. The lowest BCUT2D eigenvalue weighted by Gasteiger charge is -2.30. The molecule has 1 amide bonds. The maximum atomic E-state index is 12.5. The van der Waals surface area contributed by atoms with E-state index in [4.69, 9.17) is 16.7 Å². The van der Waals surface area contributed by atoms with Gasteiger partial charge in [-0.1, -0.05) is 31.4 Å². The van der Waals surface area contributed by atoms with Crippen molar-refractivity contribution in [2.75, 3.05) is 19.6 Å². The lowest BCUT2D eigenvalue weighted by molar-refractivity contribution is 0.0933. The molecule has 1 saturated carbocycles. The smallest absolute Gasteiger partial charge is 0.251 e. The average molecular weight is 436 g/mol. The van der Waals surface area contributed by atoms with Crippen LogP contribution in [0.4, 0.5) is 0 Å². The number of carbonyl (C=O) groups excluding carboxylic acids is 1. The molecule has 1 aliphatic carbocycles. The Balaban J connectivity index is 0.00000261. The van der Waals surface area contributed by atoms with E-state index in [0.29, 0.717) is 18.5 Å². The Bertz CT molecular complexity index is 788. The normalized spacial score (nSPS) is 25.5. The summed E-state index contributed by atoms with van der Waals surface area (Å²) in [6.07, 6.45) is 5.07. The number of nitrogens with two attached hydrogens (primary N) is 1. The van der Waals surface area contributed by atoms with E-state index in [1.165, 1.54) is 43.9 Å². The summed E-state index contributed by atoms with van der Waals surface area (Å²) in [6, 6.07) is 4.49. The molecule has 27 heavy (non-hydrogen) atoms. The van der Waals surface area contributed by atoms with Gasteiger partial charge in [0.05, 0.1) is 5.02 Å². The maximum Gasteiger partial charge on any atom is 0.251 e. The average Bonchev–Trinajstić information content (AvgIpc) is 2.96. The van der Waals surface area contributed by atoms with Crippen LogP contribution in [0, 0.1) is 11.8 Å². The van der Waals surface area contributed by atoms with Crippen LogP contribution in [0.1, 0.15) is 43.0 Å². The number of fused-ring (bicyclic) bond motifs is 1. The van der Waals surface area contributed by atoms with Gasteiger partial charge < -0.3 is 5.32 Å². The number of likely N-dealkylation sites (tertiary alicyclic amines) is 1. The number of sulfonamides is 1. The molecule has 1 saturated heterocycles. The van der Waals surface area contributed by atoms with Crippen LogP contribution in [0.15, 0.2) is 23.1 Å². The number of rotatable bonds is 5. The number of likely N-dealkylation sites (N-methyl/N-ethyl adjacent to an activating group) is 1. The Kier molecular flexibility index (Phi) is 7.55.